The van der Waals surface area contributed by atoms with Gasteiger partial charge in [-0.1, -0.05) is 40.5 Å². The van der Waals surface area contributed by atoms with E-state index in [1.54, 1.807) is 0 Å². The Balaban J connectivity index is -0.000000360. The van der Waals surface area contributed by atoms with Crippen LogP contribution < -0.4 is 0 Å². The molecular weight excluding hydrogens is 265 g/mol. The predicted octanol–water partition coefficient (Wildman–Crippen LogP) is 6.27. The summed E-state index contributed by atoms with van der Waals surface area (Å²) >= 11 is 0. The SMILES string of the molecule is CCC.CCC.[B]=S=[P+]([B]C(C)(C)C)CC(C)(C)C. The molecule has 0 fully saturated rings. The molecule has 0 N–H and O–H groups in total. The van der Waals surface area contributed by atoms with Crippen molar-refractivity contribution in [1.29, 1.82) is 0 Å². The van der Waals surface area contributed by atoms with Gasteiger partial charge in [-0.15, -0.1) is 0 Å². The first-order valence-electron chi connectivity index (χ1n) is 7.46. The molecule has 0 amide bonds. The van der Waals surface area contributed by atoms with E-state index < -0.39 is 0 Å². The van der Waals surface area contributed by atoms with E-state index in [-0.39, 0.29) is 6.58 Å². The summed E-state index contributed by atoms with van der Waals surface area (Å²) in [4.78, 5) is 0. The van der Waals surface area contributed by atoms with Gasteiger partial charge in [-0.25, -0.2) is 0 Å². The van der Waals surface area contributed by atoms with E-state index in [4.69, 9.17) is 6.72 Å². The number of hydrogen-bond donors (Lipinski definition) is 0. The van der Waals surface area contributed by atoms with E-state index >= 15 is 0 Å². The van der Waals surface area contributed by atoms with Crippen LogP contribution in [-0.4, -0.2) is 19.9 Å². The molecule has 0 heterocycles. The third-order valence-corrected chi connectivity index (χ3v) is 5.41. The first kappa shape index (κ1) is 24.7. The maximum absolute atomic E-state index is 5.70. The Bertz CT molecular complexity index is 226. The quantitative estimate of drug-likeness (QED) is 0.417. The molecule has 0 saturated carbocycles. The molecule has 0 aliphatic heterocycles. The molecule has 1 atom stereocenters. The van der Waals surface area contributed by atoms with Gasteiger partial charge in [-0.05, 0) is 0 Å². The molecule has 0 saturated heterocycles. The second-order valence-electron chi connectivity index (χ2n) is 7.15. The molecule has 0 aromatic rings. The molecule has 0 aliphatic carbocycles. The van der Waals surface area contributed by atoms with Gasteiger partial charge in [0.2, 0.25) is 0 Å². The van der Waals surface area contributed by atoms with Crippen molar-refractivity contribution in [3.63, 3.8) is 0 Å². The molecule has 4 heteroatoms. The van der Waals surface area contributed by atoms with Crippen molar-refractivity contribution < 1.29 is 0 Å². The first-order chi connectivity index (χ1) is 8.47. The Morgan fingerprint density at radius 3 is 1.37 bits per heavy atom. The van der Waals surface area contributed by atoms with Crippen molar-refractivity contribution in [2.45, 2.75) is 87.4 Å². The van der Waals surface area contributed by atoms with Crippen LogP contribution in [0.25, 0.3) is 0 Å². The summed E-state index contributed by atoms with van der Waals surface area (Å²) in [5.74, 6) is 0. The summed E-state index contributed by atoms with van der Waals surface area (Å²) in [6, 6.07) is 0. The molecular formula is C15H36B2PS+. The van der Waals surface area contributed by atoms with E-state index in [0.29, 0.717) is 10.7 Å². The molecule has 1 unspecified atom stereocenters. The summed E-state index contributed by atoms with van der Waals surface area (Å²) in [5, 5.41) is 0.295. The van der Waals surface area contributed by atoms with Crippen molar-refractivity contribution in [3.05, 3.63) is 0 Å². The molecule has 0 bridgehead atoms. The van der Waals surface area contributed by atoms with Crippen LogP contribution in [0.4, 0.5) is 0 Å². The number of rotatable bonds is 2. The minimum atomic E-state index is -0.165. The molecule has 0 spiro atoms. The van der Waals surface area contributed by atoms with E-state index in [9.17, 15) is 0 Å². The van der Waals surface area contributed by atoms with Gasteiger partial charge in [-0.3, -0.25) is 0 Å². The molecule has 0 rings (SSSR count). The fraction of sp³-hybridized carbons (Fsp3) is 1.00. The molecule has 2 radical (unpaired) electrons. The fourth-order valence-electron chi connectivity index (χ4n) is 1.01. The standard InChI is InChI=1S/C9H20B2PS.2C3H8/c1-8(2,3)7-12(13-10)11-9(4,5)6;2*1-3-2/h7H2,1-6H3;2*3H2,1-2H3/q+1;;. The van der Waals surface area contributed by atoms with Gasteiger partial charge in [0, 0.05) is 0 Å². The molecule has 0 nitrogen and oxygen atoms in total. The van der Waals surface area contributed by atoms with Gasteiger partial charge in [0.15, 0.2) is 0 Å². The van der Waals surface area contributed by atoms with Gasteiger partial charge in [-0.2, -0.15) is 0 Å². The summed E-state index contributed by atoms with van der Waals surface area (Å²) in [6.45, 7) is 30.0. The van der Waals surface area contributed by atoms with Crippen LogP contribution in [0.15, 0.2) is 0 Å². The van der Waals surface area contributed by atoms with E-state index in [2.05, 4.69) is 76.2 Å². The Hall–Kier alpha value is 0.650. The Labute approximate surface area is 130 Å². The van der Waals surface area contributed by atoms with Crippen LogP contribution in [0.5, 0.6) is 0 Å². The zero-order valence-corrected chi connectivity index (χ0v) is 16.8. The van der Waals surface area contributed by atoms with Crippen molar-refractivity contribution in [3.8, 4) is 0 Å². The maximum atomic E-state index is 5.70. The summed E-state index contributed by atoms with van der Waals surface area (Å²) in [5.41, 5.74) is 0.389. The molecule has 0 aromatic carbocycles. The Kier molecular flexibility index (Phi) is 17.7. The van der Waals surface area contributed by atoms with Gasteiger partial charge in [0.05, 0.1) is 0 Å². The topological polar surface area (TPSA) is 0 Å². The normalized spacial score (nSPS) is 11.3. The van der Waals surface area contributed by atoms with Crippen molar-refractivity contribution in [2.24, 2.45) is 5.41 Å². The van der Waals surface area contributed by atoms with E-state index in [1.807, 2.05) is 0 Å². The van der Waals surface area contributed by atoms with Gasteiger partial charge in [0.25, 0.3) is 0 Å². The second kappa shape index (κ2) is 13.6. The fourth-order valence-corrected chi connectivity index (χ4v) is 5.56. The van der Waals surface area contributed by atoms with Crippen molar-refractivity contribution >= 4 is 30.7 Å². The summed E-state index contributed by atoms with van der Waals surface area (Å²) in [7, 11) is 1.53. The summed E-state index contributed by atoms with van der Waals surface area (Å²) < 4.78 is 0. The third-order valence-electron chi connectivity index (χ3n) is 1.30. The predicted molar refractivity (Wildman–Crippen MR) is 102 cm³/mol. The Morgan fingerprint density at radius 2 is 1.21 bits per heavy atom. The number of hydrogen-bond acceptors (Lipinski definition) is 0. The van der Waals surface area contributed by atoms with Crippen LogP contribution in [0.2, 0.25) is 5.31 Å². The van der Waals surface area contributed by atoms with Crippen LogP contribution in [0.1, 0.15) is 82.1 Å². The van der Waals surface area contributed by atoms with E-state index in [0.717, 1.165) is 0 Å². The van der Waals surface area contributed by atoms with Crippen molar-refractivity contribution in [2.75, 3.05) is 6.16 Å². The zero-order chi connectivity index (χ0) is 16.1. The van der Waals surface area contributed by atoms with Gasteiger partial charge >= 0.3 is 89.1 Å². The zero-order valence-electron chi connectivity index (χ0n) is 15.1. The van der Waals surface area contributed by atoms with Crippen LogP contribution in [0.3, 0.4) is 0 Å². The molecule has 19 heavy (non-hydrogen) atoms. The van der Waals surface area contributed by atoms with Gasteiger partial charge in [0.1, 0.15) is 0 Å². The van der Waals surface area contributed by atoms with Crippen molar-refractivity contribution in [1.82, 2.24) is 0 Å². The summed E-state index contributed by atoms with van der Waals surface area (Å²) in [6.07, 6.45) is 3.71. The van der Waals surface area contributed by atoms with Gasteiger partial charge < -0.3 is 0 Å². The van der Waals surface area contributed by atoms with Crippen LogP contribution in [-0.2, 0) is 10.4 Å². The van der Waals surface area contributed by atoms with Crippen LogP contribution in [0, 0.1) is 5.41 Å². The Morgan fingerprint density at radius 1 is 0.895 bits per heavy atom. The molecule has 0 aliphatic rings. The minimum absolute atomic E-state index is 0.165. The first-order valence-corrected chi connectivity index (χ1v) is 10.5. The molecule has 112 valence electrons. The monoisotopic (exact) mass is 301 g/mol. The van der Waals surface area contributed by atoms with E-state index in [1.165, 1.54) is 29.4 Å². The second-order valence-corrected chi connectivity index (χ2v) is 10.8. The third kappa shape index (κ3) is 32.3. The van der Waals surface area contributed by atoms with Crippen LogP contribution >= 0.6 is 6.58 Å². The molecule has 0 aromatic heterocycles. The average Bonchev–Trinajstić information content (AvgIpc) is 2.14. The average molecular weight is 301 g/mol.